The van der Waals surface area contributed by atoms with Gasteiger partial charge in [0, 0.05) is 18.9 Å². The third-order valence-electron chi connectivity index (χ3n) is 3.13. The van der Waals surface area contributed by atoms with Crippen LogP contribution in [0.5, 0.6) is 0 Å². The molecule has 7 heteroatoms. The van der Waals surface area contributed by atoms with Crippen molar-refractivity contribution >= 4 is 17.3 Å². The summed E-state index contributed by atoms with van der Waals surface area (Å²) in [5.74, 6) is -0.195. The van der Waals surface area contributed by atoms with Crippen molar-refractivity contribution in [2.45, 2.75) is 13.0 Å². The highest BCUT2D eigenvalue weighted by Crippen LogP contribution is 2.21. The molecule has 7 nitrogen and oxygen atoms in total. The lowest BCUT2D eigenvalue weighted by molar-refractivity contribution is -0.150. The first-order valence-corrected chi connectivity index (χ1v) is 6.05. The molecule has 1 unspecified atom stereocenters. The number of hydrogen-bond donors (Lipinski definition) is 1. The fourth-order valence-electron chi connectivity index (χ4n) is 2.27. The van der Waals surface area contributed by atoms with Gasteiger partial charge in [-0.2, -0.15) is 5.10 Å². The highest BCUT2D eigenvalue weighted by atomic mass is 16.5. The number of rotatable bonds is 2. The summed E-state index contributed by atoms with van der Waals surface area (Å²) in [7, 11) is 0. The second-order valence-electron chi connectivity index (χ2n) is 4.51. The van der Waals surface area contributed by atoms with Crippen LogP contribution < -0.4 is 4.90 Å². The van der Waals surface area contributed by atoms with Gasteiger partial charge in [0.1, 0.15) is 5.52 Å². The van der Waals surface area contributed by atoms with Crippen molar-refractivity contribution in [3.63, 3.8) is 0 Å². The molecule has 100 valence electrons. The normalized spacial score (nSPS) is 19.8. The Morgan fingerprint density at radius 2 is 2.42 bits per heavy atom. The average Bonchev–Trinajstić information content (AvgIpc) is 2.78. The molecule has 1 atom stereocenters. The largest absolute Gasteiger partial charge is 0.479 e. The summed E-state index contributed by atoms with van der Waals surface area (Å²) in [4.78, 5) is 17.3. The maximum absolute atomic E-state index is 11.0. The molecule has 3 rings (SSSR count). The number of aromatic nitrogens is 3. The first kappa shape index (κ1) is 11.9. The topological polar surface area (TPSA) is 80.0 Å². The Bertz CT molecular complexity index is 624. The lowest BCUT2D eigenvalue weighted by atomic mass is 10.2. The van der Waals surface area contributed by atoms with E-state index < -0.39 is 12.1 Å². The zero-order valence-electron chi connectivity index (χ0n) is 10.5. The molecular formula is C12H14N4O3. The van der Waals surface area contributed by atoms with Crippen molar-refractivity contribution in [1.29, 1.82) is 0 Å². The summed E-state index contributed by atoms with van der Waals surface area (Å²) in [6, 6.07) is 1.94. The second kappa shape index (κ2) is 4.51. The molecule has 1 aliphatic rings. The molecule has 2 aromatic rings. The van der Waals surface area contributed by atoms with Crippen molar-refractivity contribution in [3.8, 4) is 0 Å². The van der Waals surface area contributed by atoms with Crippen LogP contribution in [0.2, 0.25) is 0 Å². The number of anilines is 1. The molecule has 0 amide bonds. The molecular weight excluding hydrogens is 248 g/mol. The molecule has 1 N–H and O–H groups in total. The van der Waals surface area contributed by atoms with Gasteiger partial charge in [-0.25, -0.2) is 14.3 Å². The van der Waals surface area contributed by atoms with E-state index in [9.17, 15) is 4.79 Å². The molecule has 0 aromatic carbocycles. The molecule has 1 aliphatic heterocycles. The second-order valence-corrected chi connectivity index (χ2v) is 4.51. The van der Waals surface area contributed by atoms with Crippen molar-refractivity contribution in [2.24, 2.45) is 0 Å². The van der Waals surface area contributed by atoms with E-state index in [1.807, 2.05) is 17.9 Å². The summed E-state index contributed by atoms with van der Waals surface area (Å²) < 4.78 is 6.97. The van der Waals surface area contributed by atoms with Gasteiger partial charge in [0.15, 0.2) is 11.9 Å². The van der Waals surface area contributed by atoms with E-state index in [-0.39, 0.29) is 0 Å². The molecule has 1 fully saturated rings. The van der Waals surface area contributed by atoms with Crippen LogP contribution in [0.15, 0.2) is 18.5 Å². The van der Waals surface area contributed by atoms with Crippen molar-refractivity contribution in [3.05, 3.63) is 24.2 Å². The van der Waals surface area contributed by atoms with Gasteiger partial charge in [0.2, 0.25) is 0 Å². The van der Waals surface area contributed by atoms with Crippen molar-refractivity contribution < 1.29 is 14.6 Å². The molecule has 0 spiro atoms. The number of carbonyl (C=O) groups is 1. The number of hydrogen-bond acceptors (Lipinski definition) is 5. The average molecular weight is 262 g/mol. The van der Waals surface area contributed by atoms with Crippen LogP contribution in [0.4, 0.5) is 5.82 Å². The Labute approximate surface area is 109 Å². The molecule has 0 saturated carbocycles. The molecule has 0 aliphatic carbocycles. The number of carboxylic acid groups (broad SMARTS) is 1. The van der Waals surface area contributed by atoms with Gasteiger partial charge >= 0.3 is 5.97 Å². The minimum absolute atomic E-state index is 0.298. The summed E-state index contributed by atoms with van der Waals surface area (Å²) in [5, 5.41) is 13.4. The molecule has 0 radical (unpaired) electrons. The standard InChI is InChI=1S/C12H14N4O3/c1-8-6-9-11(13-2-3-16(9)14-8)15-4-5-19-10(7-15)12(17)18/h2-3,6,10H,4-5,7H2,1H3,(H,17,18). The minimum Gasteiger partial charge on any atom is -0.479 e. The van der Waals surface area contributed by atoms with Crippen molar-refractivity contribution in [1.82, 2.24) is 14.6 Å². The first-order valence-electron chi connectivity index (χ1n) is 6.05. The van der Waals surface area contributed by atoms with Gasteiger partial charge in [0.25, 0.3) is 0 Å². The molecule has 0 bridgehead atoms. The van der Waals surface area contributed by atoms with E-state index in [0.717, 1.165) is 17.0 Å². The Morgan fingerprint density at radius 3 is 3.21 bits per heavy atom. The monoisotopic (exact) mass is 262 g/mol. The van der Waals surface area contributed by atoms with Crippen LogP contribution in [-0.4, -0.2) is 51.5 Å². The Kier molecular flexibility index (Phi) is 2.83. The zero-order chi connectivity index (χ0) is 13.4. The van der Waals surface area contributed by atoms with Crippen LogP contribution in [0, 0.1) is 6.92 Å². The number of nitrogens with zero attached hydrogens (tertiary/aromatic N) is 4. The van der Waals surface area contributed by atoms with Gasteiger partial charge < -0.3 is 14.7 Å². The SMILES string of the molecule is Cc1cc2c(N3CCOC(C(=O)O)C3)nccn2n1. The number of carboxylic acids is 1. The minimum atomic E-state index is -0.943. The van der Waals surface area contributed by atoms with Gasteiger partial charge in [-0.1, -0.05) is 0 Å². The quantitative estimate of drug-likeness (QED) is 0.840. The van der Waals surface area contributed by atoms with E-state index in [1.165, 1.54) is 0 Å². The molecule has 2 aromatic heterocycles. The van der Waals surface area contributed by atoms with Crippen LogP contribution >= 0.6 is 0 Å². The van der Waals surface area contributed by atoms with Gasteiger partial charge in [-0.05, 0) is 13.0 Å². The van der Waals surface area contributed by atoms with Crippen LogP contribution in [0.3, 0.4) is 0 Å². The van der Waals surface area contributed by atoms with Gasteiger partial charge in [0.05, 0.1) is 18.8 Å². The van der Waals surface area contributed by atoms with Crippen LogP contribution in [0.1, 0.15) is 5.69 Å². The Hall–Kier alpha value is -2.15. The summed E-state index contributed by atoms with van der Waals surface area (Å²) >= 11 is 0. The van der Waals surface area contributed by atoms with Gasteiger partial charge in [-0.15, -0.1) is 0 Å². The smallest absolute Gasteiger partial charge is 0.334 e. The van der Waals surface area contributed by atoms with Crippen molar-refractivity contribution in [2.75, 3.05) is 24.6 Å². The third kappa shape index (κ3) is 2.12. The van der Waals surface area contributed by atoms with E-state index in [0.29, 0.717) is 19.7 Å². The first-order chi connectivity index (χ1) is 9.15. The number of aliphatic carboxylic acids is 1. The lowest BCUT2D eigenvalue weighted by Gasteiger charge is -2.31. The lowest BCUT2D eigenvalue weighted by Crippen LogP contribution is -2.46. The highest BCUT2D eigenvalue weighted by Gasteiger charge is 2.28. The number of morpholine rings is 1. The van der Waals surface area contributed by atoms with E-state index in [4.69, 9.17) is 9.84 Å². The van der Waals surface area contributed by atoms with E-state index in [2.05, 4.69) is 10.1 Å². The van der Waals surface area contributed by atoms with Crippen LogP contribution in [0.25, 0.3) is 5.52 Å². The van der Waals surface area contributed by atoms with E-state index in [1.54, 1.807) is 16.9 Å². The van der Waals surface area contributed by atoms with Gasteiger partial charge in [-0.3, -0.25) is 0 Å². The summed E-state index contributed by atoms with van der Waals surface area (Å²) in [6.07, 6.45) is 2.64. The maximum atomic E-state index is 11.0. The molecule has 1 saturated heterocycles. The summed E-state index contributed by atoms with van der Waals surface area (Å²) in [6.45, 7) is 3.22. The molecule has 3 heterocycles. The number of fused-ring (bicyclic) bond motifs is 1. The predicted octanol–water partition coefficient (Wildman–Crippen LogP) is 0.328. The fourth-order valence-corrected chi connectivity index (χ4v) is 2.27. The third-order valence-corrected chi connectivity index (χ3v) is 3.13. The number of ether oxygens (including phenoxy) is 1. The zero-order valence-corrected chi connectivity index (χ0v) is 10.5. The summed E-state index contributed by atoms with van der Waals surface area (Å²) in [5.41, 5.74) is 1.78. The molecule has 19 heavy (non-hydrogen) atoms. The Morgan fingerprint density at radius 1 is 1.58 bits per heavy atom. The van der Waals surface area contributed by atoms with E-state index >= 15 is 0 Å². The Balaban J connectivity index is 1.97. The number of aryl methyl sites for hydroxylation is 1. The predicted molar refractivity (Wildman–Crippen MR) is 67.3 cm³/mol. The highest BCUT2D eigenvalue weighted by molar-refractivity contribution is 5.75. The fraction of sp³-hybridized carbons (Fsp3) is 0.417. The maximum Gasteiger partial charge on any atom is 0.334 e. The van der Waals surface area contributed by atoms with Crippen LogP contribution in [-0.2, 0) is 9.53 Å².